The van der Waals surface area contributed by atoms with Crippen LogP contribution in [0.15, 0.2) is 72.8 Å². The Hall–Kier alpha value is -3.25. The smallest absolute Gasteiger partial charge is 0.408 e. The molecule has 3 aromatic rings. The van der Waals surface area contributed by atoms with Crippen LogP contribution in [0.3, 0.4) is 0 Å². The van der Waals surface area contributed by atoms with E-state index >= 15 is 0 Å². The van der Waals surface area contributed by atoms with E-state index in [0.717, 1.165) is 16.5 Å². The molecule has 0 fully saturated rings. The number of amides is 1. The lowest BCUT2D eigenvalue weighted by atomic mass is 10.1. The van der Waals surface area contributed by atoms with Crippen LogP contribution >= 0.6 is 0 Å². The first kappa shape index (κ1) is 15.6. The van der Waals surface area contributed by atoms with Gasteiger partial charge in [-0.1, -0.05) is 72.5 Å². The second kappa shape index (κ2) is 7.85. The maximum atomic E-state index is 11.6. The van der Waals surface area contributed by atoms with Gasteiger partial charge in [0.15, 0.2) is 0 Å². The van der Waals surface area contributed by atoms with Crippen LogP contribution in [0.1, 0.15) is 11.1 Å². The van der Waals surface area contributed by atoms with E-state index < -0.39 is 6.09 Å². The highest BCUT2D eigenvalue weighted by Crippen LogP contribution is 2.14. The van der Waals surface area contributed by atoms with Gasteiger partial charge in [-0.3, -0.25) is 0 Å². The van der Waals surface area contributed by atoms with Gasteiger partial charge in [0, 0.05) is 5.56 Å². The zero-order valence-corrected chi connectivity index (χ0v) is 13.2. The summed E-state index contributed by atoms with van der Waals surface area (Å²) in [5.74, 6) is 5.98. The molecule has 0 heterocycles. The van der Waals surface area contributed by atoms with Crippen LogP contribution in [0.2, 0.25) is 0 Å². The van der Waals surface area contributed by atoms with Crippen molar-refractivity contribution in [2.24, 2.45) is 0 Å². The summed E-state index contributed by atoms with van der Waals surface area (Å²) >= 11 is 0. The lowest BCUT2D eigenvalue weighted by molar-refractivity contribution is 0.141. The van der Waals surface area contributed by atoms with E-state index in [1.807, 2.05) is 60.7 Å². The Labute approximate surface area is 141 Å². The number of hydrogen-bond acceptors (Lipinski definition) is 2. The molecule has 3 heteroatoms. The van der Waals surface area contributed by atoms with E-state index in [1.165, 1.54) is 5.39 Å². The molecule has 0 unspecified atom stereocenters. The van der Waals surface area contributed by atoms with Gasteiger partial charge < -0.3 is 10.1 Å². The lowest BCUT2D eigenvalue weighted by Gasteiger charge is -2.04. The fraction of sp³-hybridized carbons (Fsp3) is 0.0952. The third-order valence-corrected chi connectivity index (χ3v) is 3.52. The molecule has 0 radical (unpaired) electrons. The monoisotopic (exact) mass is 315 g/mol. The van der Waals surface area contributed by atoms with Crippen molar-refractivity contribution in [1.29, 1.82) is 0 Å². The molecule has 0 saturated carbocycles. The number of ether oxygens (including phenoxy) is 1. The normalized spacial score (nSPS) is 9.83. The van der Waals surface area contributed by atoms with Gasteiger partial charge in [0.2, 0.25) is 0 Å². The van der Waals surface area contributed by atoms with Crippen molar-refractivity contribution in [1.82, 2.24) is 5.32 Å². The first-order chi connectivity index (χ1) is 11.8. The summed E-state index contributed by atoms with van der Waals surface area (Å²) in [7, 11) is 0. The molecule has 24 heavy (non-hydrogen) atoms. The molecule has 0 bridgehead atoms. The first-order valence-electron chi connectivity index (χ1n) is 7.73. The molecule has 3 rings (SSSR count). The summed E-state index contributed by atoms with van der Waals surface area (Å²) in [5, 5.41) is 4.96. The largest absolute Gasteiger partial charge is 0.445 e. The van der Waals surface area contributed by atoms with Crippen molar-refractivity contribution in [3.05, 3.63) is 83.9 Å². The highest BCUT2D eigenvalue weighted by Gasteiger charge is 2.00. The van der Waals surface area contributed by atoms with Crippen LogP contribution in [-0.4, -0.2) is 12.6 Å². The second-order valence-corrected chi connectivity index (χ2v) is 5.28. The minimum Gasteiger partial charge on any atom is -0.445 e. The molecule has 0 spiro atoms. The van der Waals surface area contributed by atoms with Crippen LogP contribution in [0.4, 0.5) is 4.79 Å². The van der Waals surface area contributed by atoms with Crippen molar-refractivity contribution < 1.29 is 9.53 Å². The second-order valence-electron chi connectivity index (χ2n) is 5.28. The molecule has 1 N–H and O–H groups in total. The van der Waals surface area contributed by atoms with Crippen molar-refractivity contribution in [2.75, 3.05) is 6.54 Å². The van der Waals surface area contributed by atoms with E-state index in [9.17, 15) is 4.79 Å². The molecule has 118 valence electrons. The Bertz CT molecular complexity index is 892. The molecular formula is C21H17NO2. The zero-order valence-electron chi connectivity index (χ0n) is 13.2. The fourth-order valence-electron chi connectivity index (χ4n) is 2.30. The maximum absolute atomic E-state index is 11.6. The minimum absolute atomic E-state index is 0.250. The number of rotatable bonds is 3. The quantitative estimate of drug-likeness (QED) is 0.738. The Kier molecular flexibility index (Phi) is 5.11. The number of carbonyl (C=O) groups excluding carboxylic acids is 1. The number of benzene rings is 3. The fourth-order valence-corrected chi connectivity index (χ4v) is 2.30. The summed E-state index contributed by atoms with van der Waals surface area (Å²) in [6.07, 6.45) is -0.466. The highest BCUT2D eigenvalue weighted by atomic mass is 16.5. The Morgan fingerprint density at radius 2 is 1.67 bits per heavy atom. The lowest BCUT2D eigenvalue weighted by Crippen LogP contribution is -2.24. The average molecular weight is 315 g/mol. The van der Waals surface area contributed by atoms with Crippen molar-refractivity contribution in [3.63, 3.8) is 0 Å². The number of nitrogens with one attached hydrogen (secondary N) is 1. The first-order valence-corrected chi connectivity index (χ1v) is 7.73. The standard InChI is InChI=1S/C21H17NO2/c23-21(24-16-18-7-2-1-3-8-18)22-14-6-9-17-12-13-19-10-4-5-11-20(19)15-17/h1-5,7-8,10-13,15H,14,16H2,(H,22,23). The molecule has 1 amide bonds. The average Bonchev–Trinajstić information content (AvgIpc) is 2.64. The Morgan fingerprint density at radius 1 is 0.917 bits per heavy atom. The number of carbonyl (C=O) groups is 1. The van der Waals surface area contributed by atoms with Crippen LogP contribution in [-0.2, 0) is 11.3 Å². The van der Waals surface area contributed by atoms with Gasteiger partial charge in [-0.05, 0) is 28.5 Å². The maximum Gasteiger partial charge on any atom is 0.408 e. The van der Waals surface area contributed by atoms with Crippen molar-refractivity contribution >= 4 is 16.9 Å². The Balaban J connectivity index is 1.49. The molecule has 0 saturated heterocycles. The SMILES string of the molecule is O=C(NCC#Cc1ccc2ccccc2c1)OCc1ccccc1. The predicted molar refractivity (Wildman–Crippen MR) is 95.5 cm³/mol. The summed E-state index contributed by atoms with van der Waals surface area (Å²) in [6, 6.07) is 23.8. The third kappa shape index (κ3) is 4.37. The summed E-state index contributed by atoms with van der Waals surface area (Å²) in [5.41, 5.74) is 1.88. The van der Waals surface area contributed by atoms with E-state index in [0.29, 0.717) is 0 Å². The summed E-state index contributed by atoms with van der Waals surface area (Å²) in [6.45, 7) is 0.505. The predicted octanol–water partition coefficient (Wildman–Crippen LogP) is 4.12. The molecule has 0 aliphatic carbocycles. The molecular weight excluding hydrogens is 298 g/mol. The van der Waals surface area contributed by atoms with E-state index in [-0.39, 0.29) is 13.2 Å². The van der Waals surface area contributed by atoms with E-state index in [1.54, 1.807) is 0 Å². The molecule has 0 aliphatic heterocycles. The molecule has 0 aromatic heterocycles. The molecule has 3 nitrogen and oxygen atoms in total. The van der Waals surface area contributed by atoms with Crippen LogP contribution in [0.25, 0.3) is 10.8 Å². The van der Waals surface area contributed by atoms with Gasteiger partial charge >= 0.3 is 6.09 Å². The number of hydrogen-bond donors (Lipinski definition) is 1. The minimum atomic E-state index is -0.466. The topological polar surface area (TPSA) is 38.3 Å². The van der Waals surface area contributed by atoms with Gasteiger partial charge in [0.05, 0.1) is 6.54 Å². The number of fused-ring (bicyclic) bond motifs is 1. The van der Waals surface area contributed by atoms with Gasteiger partial charge in [-0.25, -0.2) is 4.79 Å². The zero-order chi connectivity index (χ0) is 16.6. The summed E-state index contributed by atoms with van der Waals surface area (Å²) < 4.78 is 5.12. The summed E-state index contributed by atoms with van der Waals surface area (Å²) in [4.78, 5) is 11.6. The van der Waals surface area contributed by atoms with Crippen LogP contribution < -0.4 is 5.32 Å². The highest BCUT2D eigenvalue weighted by molar-refractivity contribution is 5.83. The third-order valence-electron chi connectivity index (χ3n) is 3.52. The van der Waals surface area contributed by atoms with E-state index in [2.05, 4.69) is 29.3 Å². The van der Waals surface area contributed by atoms with Gasteiger partial charge in [-0.2, -0.15) is 0 Å². The Morgan fingerprint density at radius 3 is 2.50 bits per heavy atom. The van der Waals surface area contributed by atoms with Crippen molar-refractivity contribution in [2.45, 2.75) is 6.61 Å². The van der Waals surface area contributed by atoms with Crippen LogP contribution in [0, 0.1) is 11.8 Å². The van der Waals surface area contributed by atoms with Crippen molar-refractivity contribution in [3.8, 4) is 11.8 Å². The van der Waals surface area contributed by atoms with Gasteiger partial charge in [0.1, 0.15) is 6.61 Å². The number of alkyl carbamates (subject to hydrolysis) is 1. The van der Waals surface area contributed by atoms with Gasteiger partial charge in [0.25, 0.3) is 0 Å². The van der Waals surface area contributed by atoms with Gasteiger partial charge in [-0.15, -0.1) is 0 Å². The molecule has 3 aromatic carbocycles. The van der Waals surface area contributed by atoms with E-state index in [4.69, 9.17) is 4.74 Å². The molecule has 0 atom stereocenters. The van der Waals surface area contributed by atoms with Crippen LogP contribution in [0.5, 0.6) is 0 Å². The molecule has 0 aliphatic rings.